The lowest BCUT2D eigenvalue weighted by atomic mass is 9.99. The van der Waals surface area contributed by atoms with E-state index in [1.165, 1.54) is 6.07 Å². The Labute approximate surface area is 127 Å². The third kappa shape index (κ3) is 4.78. The summed E-state index contributed by atoms with van der Waals surface area (Å²) in [7, 11) is 0. The standard InChI is InChI=1S/C15H19ClF3NO/c1-2-3-14-9-12(4-5-21-14)20-13-7-10(15(17,18)19)6-11(16)8-13/h6-8,12,14,20H,2-5,9H2,1H3. The Hall–Kier alpha value is -0.940. The van der Waals surface area contributed by atoms with Crippen LogP contribution in [-0.4, -0.2) is 18.8 Å². The van der Waals surface area contributed by atoms with E-state index in [4.69, 9.17) is 16.3 Å². The maximum Gasteiger partial charge on any atom is 0.416 e. The summed E-state index contributed by atoms with van der Waals surface area (Å²) in [6.07, 6.45) is -0.603. The molecule has 0 bridgehead atoms. The van der Waals surface area contributed by atoms with E-state index < -0.39 is 11.7 Å². The molecule has 0 aromatic heterocycles. The fourth-order valence-electron chi connectivity index (χ4n) is 2.61. The normalized spacial score (nSPS) is 23.1. The Balaban J connectivity index is 2.07. The van der Waals surface area contributed by atoms with Crippen LogP contribution >= 0.6 is 11.6 Å². The van der Waals surface area contributed by atoms with Gasteiger partial charge in [0.25, 0.3) is 0 Å². The van der Waals surface area contributed by atoms with Gasteiger partial charge in [-0.05, 0) is 37.5 Å². The first-order chi connectivity index (χ1) is 9.88. The number of rotatable bonds is 4. The van der Waals surface area contributed by atoms with Crippen LogP contribution in [0.3, 0.4) is 0 Å². The Kier molecular flexibility index (Phi) is 5.38. The number of ether oxygens (including phenoxy) is 1. The summed E-state index contributed by atoms with van der Waals surface area (Å²) in [6, 6.07) is 3.70. The second-order valence-corrected chi connectivity index (χ2v) is 5.81. The number of hydrogen-bond acceptors (Lipinski definition) is 2. The molecule has 2 unspecified atom stereocenters. The SMILES string of the molecule is CCCC1CC(Nc2cc(Cl)cc(C(F)(F)F)c2)CCO1. The van der Waals surface area contributed by atoms with Crippen molar-refractivity contribution in [3.63, 3.8) is 0 Å². The lowest BCUT2D eigenvalue weighted by molar-refractivity contribution is -0.137. The van der Waals surface area contributed by atoms with Gasteiger partial charge in [0.05, 0.1) is 11.7 Å². The third-order valence-electron chi connectivity index (χ3n) is 3.57. The summed E-state index contributed by atoms with van der Waals surface area (Å²) in [6.45, 7) is 2.72. The molecule has 1 N–H and O–H groups in total. The highest BCUT2D eigenvalue weighted by molar-refractivity contribution is 6.30. The first kappa shape index (κ1) is 16.4. The van der Waals surface area contributed by atoms with Gasteiger partial charge in [-0.1, -0.05) is 24.9 Å². The van der Waals surface area contributed by atoms with E-state index in [1.807, 2.05) is 0 Å². The molecule has 0 radical (unpaired) electrons. The molecule has 2 atom stereocenters. The molecule has 6 heteroatoms. The Bertz CT molecular complexity index is 476. The molecule has 1 aromatic rings. The van der Waals surface area contributed by atoms with E-state index in [-0.39, 0.29) is 17.2 Å². The molecular formula is C15H19ClF3NO. The molecule has 1 aliphatic heterocycles. The molecule has 1 heterocycles. The number of benzene rings is 1. The molecule has 0 saturated carbocycles. The van der Waals surface area contributed by atoms with E-state index >= 15 is 0 Å². The maximum atomic E-state index is 12.8. The number of nitrogens with one attached hydrogen (secondary N) is 1. The molecule has 1 fully saturated rings. The van der Waals surface area contributed by atoms with Crippen LogP contribution < -0.4 is 5.32 Å². The van der Waals surface area contributed by atoms with Gasteiger partial charge in [-0.25, -0.2) is 0 Å². The highest BCUT2D eigenvalue weighted by Gasteiger charge is 2.31. The average molecular weight is 322 g/mol. The third-order valence-corrected chi connectivity index (χ3v) is 3.79. The molecule has 2 rings (SSSR count). The van der Waals surface area contributed by atoms with Gasteiger partial charge >= 0.3 is 6.18 Å². The molecule has 118 valence electrons. The van der Waals surface area contributed by atoms with Crippen molar-refractivity contribution in [3.8, 4) is 0 Å². The predicted octanol–water partition coefficient (Wildman–Crippen LogP) is 5.12. The molecule has 0 aliphatic carbocycles. The van der Waals surface area contributed by atoms with Gasteiger partial charge < -0.3 is 10.1 Å². The largest absolute Gasteiger partial charge is 0.416 e. The van der Waals surface area contributed by atoms with Crippen LogP contribution in [0.25, 0.3) is 0 Å². The van der Waals surface area contributed by atoms with Crippen molar-refractivity contribution in [2.24, 2.45) is 0 Å². The average Bonchev–Trinajstić information content (AvgIpc) is 2.38. The minimum Gasteiger partial charge on any atom is -0.382 e. The summed E-state index contributed by atoms with van der Waals surface area (Å²) in [5.41, 5.74) is -0.313. The van der Waals surface area contributed by atoms with Crippen LogP contribution in [0, 0.1) is 0 Å². The van der Waals surface area contributed by atoms with Crippen molar-refractivity contribution < 1.29 is 17.9 Å². The molecule has 1 aliphatic rings. The number of anilines is 1. The van der Waals surface area contributed by atoms with Crippen LogP contribution in [0.5, 0.6) is 0 Å². The van der Waals surface area contributed by atoms with Crippen molar-refractivity contribution in [1.29, 1.82) is 0 Å². The van der Waals surface area contributed by atoms with E-state index in [1.54, 1.807) is 0 Å². The summed E-state index contributed by atoms with van der Waals surface area (Å²) < 4.78 is 44.0. The minimum absolute atomic E-state index is 0.0875. The van der Waals surface area contributed by atoms with Gasteiger partial charge in [0, 0.05) is 23.4 Å². The molecule has 0 amide bonds. The zero-order chi connectivity index (χ0) is 15.5. The van der Waals surface area contributed by atoms with Crippen molar-refractivity contribution in [2.75, 3.05) is 11.9 Å². The first-order valence-electron chi connectivity index (χ1n) is 7.14. The van der Waals surface area contributed by atoms with Gasteiger partial charge in [-0.2, -0.15) is 13.2 Å². The quantitative estimate of drug-likeness (QED) is 0.831. The van der Waals surface area contributed by atoms with Crippen molar-refractivity contribution in [1.82, 2.24) is 0 Å². The molecule has 0 spiro atoms. The van der Waals surface area contributed by atoms with Crippen molar-refractivity contribution >= 4 is 17.3 Å². The molecule has 2 nitrogen and oxygen atoms in total. The zero-order valence-electron chi connectivity index (χ0n) is 11.8. The van der Waals surface area contributed by atoms with Crippen LogP contribution in [0.2, 0.25) is 5.02 Å². The molecular weight excluding hydrogens is 303 g/mol. The Morgan fingerprint density at radius 3 is 2.76 bits per heavy atom. The number of hydrogen-bond donors (Lipinski definition) is 1. The van der Waals surface area contributed by atoms with Crippen molar-refractivity contribution in [2.45, 2.75) is 50.9 Å². The summed E-state index contributed by atoms with van der Waals surface area (Å²) >= 11 is 5.79. The monoisotopic (exact) mass is 321 g/mol. The molecule has 21 heavy (non-hydrogen) atoms. The predicted molar refractivity (Wildman–Crippen MR) is 77.7 cm³/mol. The zero-order valence-corrected chi connectivity index (χ0v) is 12.6. The smallest absolute Gasteiger partial charge is 0.382 e. The van der Waals surface area contributed by atoms with E-state index in [0.717, 1.165) is 37.8 Å². The number of alkyl halides is 3. The lowest BCUT2D eigenvalue weighted by Gasteiger charge is -2.31. The summed E-state index contributed by atoms with van der Waals surface area (Å²) in [4.78, 5) is 0. The van der Waals surface area contributed by atoms with Gasteiger partial charge in [0.15, 0.2) is 0 Å². The van der Waals surface area contributed by atoms with Gasteiger partial charge in [0.2, 0.25) is 0 Å². The lowest BCUT2D eigenvalue weighted by Crippen LogP contribution is -2.34. The van der Waals surface area contributed by atoms with Crippen LogP contribution in [-0.2, 0) is 10.9 Å². The fourth-order valence-corrected chi connectivity index (χ4v) is 2.84. The van der Waals surface area contributed by atoms with Crippen LogP contribution in [0.1, 0.15) is 38.2 Å². The van der Waals surface area contributed by atoms with Gasteiger partial charge in [0.1, 0.15) is 0 Å². The highest BCUT2D eigenvalue weighted by Crippen LogP contribution is 2.34. The Morgan fingerprint density at radius 1 is 1.33 bits per heavy atom. The topological polar surface area (TPSA) is 21.3 Å². The Morgan fingerprint density at radius 2 is 2.10 bits per heavy atom. The molecule has 1 aromatic carbocycles. The van der Waals surface area contributed by atoms with E-state index in [9.17, 15) is 13.2 Å². The van der Waals surface area contributed by atoms with E-state index in [0.29, 0.717) is 12.3 Å². The highest BCUT2D eigenvalue weighted by atomic mass is 35.5. The van der Waals surface area contributed by atoms with Crippen LogP contribution in [0.15, 0.2) is 18.2 Å². The minimum atomic E-state index is -4.39. The second kappa shape index (κ2) is 6.88. The van der Waals surface area contributed by atoms with Crippen LogP contribution in [0.4, 0.5) is 18.9 Å². The summed E-state index contributed by atoms with van der Waals surface area (Å²) in [5, 5.41) is 3.25. The molecule has 1 saturated heterocycles. The summed E-state index contributed by atoms with van der Waals surface area (Å²) in [5.74, 6) is 0. The number of halogens is 4. The van der Waals surface area contributed by atoms with E-state index in [2.05, 4.69) is 12.2 Å². The second-order valence-electron chi connectivity index (χ2n) is 5.37. The van der Waals surface area contributed by atoms with Crippen molar-refractivity contribution in [3.05, 3.63) is 28.8 Å². The van der Waals surface area contributed by atoms with Gasteiger partial charge in [-0.3, -0.25) is 0 Å². The van der Waals surface area contributed by atoms with Gasteiger partial charge in [-0.15, -0.1) is 0 Å². The fraction of sp³-hybridized carbons (Fsp3) is 0.600. The maximum absolute atomic E-state index is 12.8. The first-order valence-corrected chi connectivity index (χ1v) is 7.52.